The predicted molar refractivity (Wildman–Crippen MR) is 64.2 cm³/mol. The summed E-state index contributed by atoms with van der Waals surface area (Å²) in [4.78, 5) is 2.64. The zero-order valence-electron chi connectivity index (χ0n) is 10.1. The maximum Gasteiger partial charge on any atom is 0.0707 e. The average molecular weight is 224 g/mol. The molecule has 2 bridgehead atoms. The Morgan fingerprint density at radius 3 is 2.38 bits per heavy atom. The molecule has 0 radical (unpaired) electrons. The molecule has 2 heterocycles. The summed E-state index contributed by atoms with van der Waals surface area (Å²) in [7, 11) is 0. The lowest BCUT2D eigenvalue weighted by Crippen LogP contribution is -2.45. The van der Waals surface area contributed by atoms with Crippen LogP contribution in [0.25, 0.3) is 0 Å². The van der Waals surface area contributed by atoms with Gasteiger partial charge < -0.3 is 10.5 Å². The Labute approximate surface area is 98.3 Å². The number of hydrogen-bond acceptors (Lipinski definition) is 3. The van der Waals surface area contributed by atoms with Gasteiger partial charge in [0.1, 0.15) is 0 Å². The molecule has 3 aliphatic rings. The predicted octanol–water partition coefficient (Wildman–Crippen LogP) is 1.22. The van der Waals surface area contributed by atoms with Crippen molar-refractivity contribution < 1.29 is 4.74 Å². The minimum Gasteiger partial charge on any atom is -0.372 e. The highest BCUT2D eigenvalue weighted by Gasteiger charge is 2.36. The van der Waals surface area contributed by atoms with Crippen LogP contribution in [-0.4, -0.2) is 43.3 Å². The highest BCUT2D eigenvalue weighted by molar-refractivity contribution is 4.88. The summed E-state index contributed by atoms with van der Waals surface area (Å²) in [5.41, 5.74) is 5.85. The van der Waals surface area contributed by atoms with Crippen LogP contribution in [0.1, 0.15) is 32.1 Å². The molecule has 3 nitrogen and oxygen atoms in total. The first-order valence-electron chi connectivity index (χ1n) is 6.93. The molecular weight excluding hydrogens is 200 g/mol. The van der Waals surface area contributed by atoms with E-state index in [2.05, 4.69) is 4.90 Å². The molecule has 1 saturated carbocycles. The Morgan fingerprint density at radius 1 is 1.00 bits per heavy atom. The maximum atomic E-state index is 5.88. The number of likely N-dealkylation sites (tertiary alicyclic amines) is 1. The summed E-state index contributed by atoms with van der Waals surface area (Å²) in [6.07, 6.45) is 7.79. The van der Waals surface area contributed by atoms with Crippen molar-refractivity contribution in [1.29, 1.82) is 0 Å². The van der Waals surface area contributed by atoms with Crippen LogP contribution >= 0.6 is 0 Å². The van der Waals surface area contributed by atoms with Gasteiger partial charge in [-0.25, -0.2) is 0 Å². The molecule has 3 heteroatoms. The summed E-state index contributed by atoms with van der Waals surface area (Å²) >= 11 is 0. The second-order valence-electron chi connectivity index (χ2n) is 5.86. The molecule has 1 aliphatic carbocycles. The summed E-state index contributed by atoms with van der Waals surface area (Å²) < 4.78 is 5.88. The summed E-state index contributed by atoms with van der Waals surface area (Å²) in [6.45, 7) is 4.51. The van der Waals surface area contributed by atoms with Gasteiger partial charge in [-0.2, -0.15) is 0 Å². The van der Waals surface area contributed by atoms with Crippen LogP contribution < -0.4 is 5.73 Å². The third-order valence-corrected chi connectivity index (χ3v) is 4.73. The number of rotatable bonds is 3. The summed E-state index contributed by atoms with van der Waals surface area (Å²) in [5, 5.41) is 0. The molecule has 0 aromatic heterocycles. The SMILES string of the molecule is NCC1CCCC1CN1CC2CCC(C1)O2. The molecule has 0 aromatic carbocycles. The lowest BCUT2D eigenvalue weighted by atomic mass is 9.95. The van der Waals surface area contributed by atoms with E-state index < -0.39 is 0 Å². The van der Waals surface area contributed by atoms with Crippen LogP contribution in [0.15, 0.2) is 0 Å². The zero-order chi connectivity index (χ0) is 11.0. The molecule has 2 saturated heterocycles. The largest absolute Gasteiger partial charge is 0.372 e. The molecular formula is C13H24N2O. The molecule has 3 rings (SSSR count). The van der Waals surface area contributed by atoms with Crippen molar-refractivity contribution in [3.05, 3.63) is 0 Å². The number of ether oxygens (including phenoxy) is 1. The summed E-state index contributed by atoms with van der Waals surface area (Å²) in [6, 6.07) is 0. The highest BCUT2D eigenvalue weighted by atomic mass is 16.5. The second-order valence-corrected chi connectivity index (χ2v) is 5.86. The molecule has 4 atom stereocenters. The van der Waals surface area contributed by atoms with Gasteiger partial charge in [0.15, 0.2) is 0 Å². The third-order valence-electron chi connectivity index (χ3n) is 4.73. The van der Waals surface area contributed by atoms with E-state index in [-0.39, 0.29) is 0 Å². The number of nitrogens with two attached hydrogens (primary N) is 1. The van der Waals surface area contributed by atoms with Crippen molar-refractivity contribution in [3.63, 3.8) is 0 Å². The fourth-order valence-corrected chi connectivity index (χ4v) is 3.84. The van der Waals surface area contributed by atoms with Crippen molar-refractivity contribution in [1.82, 2.24) is 4.90 Å². The quantitative estimate of drug-likeness (QED) is 0.783. The fourth-order valence-electron chi connectivity index (χ4n) is 3.84. The van der Waals surface area contributed by atoms with Gasteiger partial charge in [0.25, 0.3) is 0 Å². The molecule has 0 aromatic rings. The maximum absolute atomic E-state index is 5.88. The van der Waals surface area contributed by atoms with Crippen LogP contribution in [-0.2, 0) is 4.74 Å². The first-order chi connectivity index (χ1) is 7.85. The number of fused-ring (bicyclic) bond motifs is 2. The van der Waals surface area contributed by atoms with Gasteiger partial charge in [-0.15, -0.1) is 0 Å². The van der Waals surface area contributed by atoms with Crippen LogP contribution in [0, 0.1) is 11.8 Å². The Morgan fingerprint density at radius 2 is 1.69 bits per heavy atom. The molecule has 2 aliphatic heterocycles. The molecule has 92 valence electrons. The Kier molecular flexibility index (Phi) is 3.18. The van der Waals surface area contributed by atoms with Crippen LogP contribution in [0.2, 0.25) is 0 Å². The van der Waals surface area contributed by atoms with E-state index in [0.717, 1.165) is 18.4 Å². The molecule has 0 spiro atoms. The van der Waals surface area contributed by atoms with Crippen molar-refractivity contribution >= 4 is 0 Å². The zero-order valence-corrected chi connectivity index (χ0v) is 10.1. The van der Waals surface area contributed by atoms with Gasteiger partial charge in [-0.05, 0) is 44.1 Å². The lowest BCUT2D eigenvalue weighted by molar-refractivity contribution is -0.0438. The number of nitrogens with zero attached hydrogens (tertiary/aromatic N) is 1. The van der Waals surface area contributed by atoms with E-state index in [0.29, 0.717) is 12.2 Å². The number of morpholine rings is 1. The molecule has 16 heavy (non-hydrogen) atoms. The standard InChI is InChI=1S/C13H24N2O/c14-6-10-2-1-3-11(10)7-15-8-12-4-5-13(9-15)16-12/h10-13H,1-9,14H2. The average Bonchev–Trinajstić information content (AvgIpc) is 2.85. The highest BCUT2D eigenvalue weighted by Crippen LogP contribution is 2.33. The minimum atomic E-state index is 0.538. The van der Waals surface area contributed by atoms with Crippen LogP contribution in [0.4, 0.5) is 0 Å². The van der Waals surface area contributed by atoms with Crippen LogP contribution in [0.3, 0.4) is 0 Å². The minimum absolute atomic E-state index is 0.538. The van der Waals surface area contributed by atoms with E-state index in [1.54, 1.807) is 0 Å². The molecule has 2 N–H and O–H groups in total. The molecule has 0 amide bonds. The third kappa shape index (κ3) is 2.13. The van der Waals surface area contributed by atoms with E-state index in [9.17, 15) is 0 Å². The normalized spacial score (nSPS) is 44.1. The van der Waals surface area contributed by atoms with Gasteiger partial charge in [0.05, 0.1) is 12.2 Å². The van der Waals surface area contributed by atoms with Gasteiger partial charge >= 0.3 is 0 Å². The van der Waals surface area contributed by atoms with Crippen molar-refractivity contribution in [2.24, 2.45) is 17.6 Å². The topological polar surface area (TPSA) is 38.5 Å². The molecule has 4 unspecified atom stereocenters. The van der Waals surface area contributed by atoms with Crippen molar-refractivity contribution in [2.75, 3.05) is 26.2 Å². The fraction of sp³-hybridized carbons (Fsp3) is 1.00. The summed E-state index contributed by atoms with van der Waals surface area (Å²) in [5.74, 6) is 1.66. The first-order valence-corrected chi connectivity index (χ1v) is 6.93. The van der Waals surface area contributed by atoms with Gasteiger partial charge in [0, 0.05) is 19.6 Å². The Bertz CT molecular complexity index is 234. The number of hydrogen-bond donors (Lipinski definition) is 1. The second kappa shape index (κ2) is 4.63. The van der Waals surface area contributed by atoms with E-state index in [4.69, 9.17) is 10.5 Å². The van der Waals surface area contributed by atoms with Crippen molar-refractivity contribution in [2.45, 2.75) is 44.3 Å². The van der Waals surface area contributed by atoms with E-state index in [1.807, 2.05) is 0 Å². The van der Waals surface area contributed by atoms with Gasteiger partial charge in [0.2, 0.25) is 0 Å². The van der Waals surface area contributed by atoms with E-state index >= 15 is 0 Å². The Hall–Kier alpha value is -0.120. The molecule has 3 fully saturated rings. The lowest BCUT2D eigenvalue weighted by Gasteiger charge is -2.34. The van der Waals surface area contributed by atoms with E-state index in [1.165, 1.54) is 51.7 Å². The smallest absolute Gasteiger partial charge is 0.0707 e. The Balaban J connectivity index is 1.54. The van der Waals surface area contributed by atoms with Gasteiger partial charge in [-0.1, -0.05) is 6.42 Å². The van der Waals surface area contributed by atoms with Crippen LogP contribution in [0.5, 0.6) is 0 Å². The monoisotopic (exact) mass is 224 g/mol. The first kappa shape index (κ1) is 11.0. The van der Waals surface area contributed by atoms with Crippen molar-refractivity contribution in [3.8, 4) is 0 Å². The van der Waals surface area contributed by atoms with Gasteiger partial charge in [-0.3, -0.25) is 4.90 Å².